The Morgan fingerprint density at radius 1 is 0.889 bits per heavy atom. The lowest BCUT2D eigenvalue weighted by atomic mass is 9.94. The number of benzene rings is 3. The summed E-state index contributed by atoms with van der Waals surface area (Å²) in [7, 11) is 0. The van der Waals surface area contributed by atoms with Crippen molar-refractivity contribution in [3.05, 3.63) is 104 Å². The van der Waals surface area contributed by atoms with E-state index >= 15 is 0 Å². The van der Waals surface area contributed by atoms with Gasteiger partial charge in [-0.25, -0.2) is 14.6 Å². The molecule has 0 saturated heterocycles. The molecule has 0 aliphatic heterocycles. The van der Waals surface area contributed by atoms with Gasteiger partial charge in [-0.2, -0.15) is 0 Å². The van der Waals surface area contributed by atoms with E-state index in [1.165, 1.54) is 0 Å². The van der Waals surface area contributed by atoms with Crippen LogP contribution in [0.3, 0.4) is 0 Å². The number of rotatable bonds is 11. The van der Waals surface area contributed by atoms with Crippen molar-refractivity contribution in [2.45, 2.75) is 33.9 Å². The second-order valence-electron chi connectivity index (χ2n) is 8.39. The average molecular weight is 491 g/mol. The number of hydrogen-bond donors (Lipinski definition) is 1. The molecule has 0 unspecified atom stereocenters. The molecule has 1 N–H and O–H groups in total. The van der Waals surface area contributed by atoms with Gasteiger partial charge in [-0.05, 0) is 78.4 Å². The molecule has 4 aromatic rings. The smallest absolute Gasteiger partial charge is 0.440 e. The van der Waals surface area contributed by atoms with Gasteiger partial charge in [0.15, 0.2) is 0 Å². The first-order valence-electron chi connectivity index (χ1n) is 11.9. The maximum Gasteiger partial charge on any atom is 0.440 e. The Balaban J connectivity index is 1.41. The van der Waals surface area contributed by atoms with Crippen molar-refractivity contribution in [2.75, 3.05) is 19.8 Å². The number of ether oxygens (including phenoxy) is 3. The van der Waals surface area contributed by atoms with Gasteiger partial charge in [0.05, 0.1) is 13.2 Å². The third kappa shape index (κ3) is 6.14. The van der Waals surface area contributed by atoms with Crippen molar-refractivity contribution in [1.29, 1.82) is 0 Å². The van der Waals surface area contributed by atoms with Crippen LogP contribution in [0.4, 0.5) is 0 Å². The minimum atomic E-state index is -0.769. The zero-order valence-corrected chi connectivity index (χ0v) is 20.7. The van der Waals surface area contributed by atoms with E-state index in [9.17, 15) is 9.59 Å². The molecule has 188 valence electrons. The van der Waals surface area contributed by atoms with E-state index in [2.05, 4.69) is 43.1 Å². The van der Waals surface area contributed by atoms with Crippen LogP contribution in [-0.4, -0.2) is 29.5 Å². The monoisotopic (exact) mass is 490 g/mol. The predicted octanol–water partition coefficient (Wildman–Crippen LogP) is 4.46. The quantitative estimate of drug-likeness (QED) is 0.312. The summed E-state index contributed by atoms with van der Waals surface area (Å²) in [5.74, 6) is 0.769. The Hall–Kier alpha value is -4.04. The first-order valence-corrected chi connectivity index (χ1v) is 11.9. The molecule has 36 heavy (non-hydrogen) atoms. The summed E-state index contributed by atoms with van der Waals surface area (Å²) in [6.45, 7) is 8.52. The highest BCUT2D eigenvalue weighted by Crippen LogP contribution is 2.31. The molecule has 0 fully saturated rings. The Labute approximate surface area is 209 Å². The van der Waals surface area contributed by atoms with Crippen molar-refractivity contribution in [3.8, 4) is 22.6 Å². The number of nitrogens with one attached hydrogen (secondary N) is 1. The van der Waals surface area contributed by atoms with Crippen LogP contribution in [0.2, 0.25) is 0 Å². The standard InChI is InChI=1S/C28H30N2O6/c1-4-33-14-15-34-24-12-13-25(19(2)16-24)26-7-5-6-22(20(26)3)18-35-23-10-8-21(9-11-23)17-30-27(31)29-28(32)36-30/h5-13,16H,4,14-15,17-18H2,1-3H3,(H,29,31,32). The van der Waals surface area contributed by atoms with Gasteiger partial charge in [0, 0.05) is 6.61 Å². The van der Waals surface area contributed by atoms with E-state index in [0.717, 1.165) is 43.9 Å². The third-order valence-corrected chi connectivity index (χ3v) is 5.91. The molecule has 1 aromatic heterocycles. The summed E-state index contributed by atoms with van der Waals surface area (Å²) < 4.78 is 22.9. The minimum absolute atomic E-state index is 0.161. The lowest BCUT2D eigenvalue weighted by Gasteiger charge is -2.15. The van der Waals surface area contributed by atoms with E-state index in [0.29, 0.717) is 32.2 Å². The summed E-state index contributed by atoms with van der Waals surface area (Å²) in [6, 6.07) is 19.7. The van der Waals surface area contributed by atoms with E-state index in [-0.39, 0.29) is 6.54 Å². The Morgan fingerprint density at radius 3 is 2.36 bits per heavy atom. The Morgan fingerprint density at radius 2 is 1.67 bits per heavy atom. The second kappa shape index (κ2) is 11.6. The maximum atomic E-state index is 11.6. The summed E-state index contributed by atoms with van der Waals surface area (Å²) in [6.07, 6.45) is 0. The molecule has 1 heterocycles. The summed E-state index contributed by atoms with van der Waals surface area (Å²) in [4.78, 5) is 24.8. The zero-order valence-electron chi connectivity index (χ0n) is 20.7. The van der Waals surface area contributed by atoms with Gasteiger partial charge in [-0.3, -0.25) is 0 Å². The average Bonchev–Trinajstić information content (AvgIpc) is 3.18. The topological polar surface area (TPSA) is 95.7 Å². The van der Waals surface area contributed by atoms with Gasteiger partial charge in [0.2, 0.25) is 0 Å². The molecule has 3 aromatic carbocycles. The van der Waals surface area contributed by atoms with Gasteiger partial charge in [0.1, 0.15) is 24.7 Å². The van der Waals surface area contributed by atoms with Gasteiger partial charge >= 0.3 is 11.4 Å². The van der Waals surface area contributed by atoms with Gasteiger partial charge in [-0.15, -0.1) is 4.74 Å². The van der Waals surface area contributed by atoms with E-state index in [1.807, 2.05) is 43.3 Å². The molecular weight excluding hydrogens is 460 g/mol. The summed E-state index contributed by atoms with van der Waals surface area (Å²) in [5.41, 5.74) is 5.93. The third-order valence-electron chi connectivity index (χ3n) is 5.91. The number of aromatic nitrogens is 2. The number of aryl methyl sites for hydroxylation is 1. The Kier molecular flexibility index (Phi) is 8.07. The first kappa shape index (κ1) is 25.1. The number of hydrogen-bond acceptors (Lipinski definition) is 6. The van der Waals surface area contributed by atoms with Crippen LogP contribution < -0.4 is 20.9 Å². The van der Waals surface area contributed by atoms with Gasteiger partial charge in [-0.1, -0.05) is 36.4 Å². The first-order chi connectivity index (χ1) is 17.4. The van der Waals surface area contributed by atoms with Crippen molar-refractivity contribution >= 4 is 0 Å². The van der Waals surface area contributed by atoms with Crippen molar-refractivity contribution < 1.29 is 18.7 Å². The molecule has 0 atom stereocenters. The molecule has 0 spiro atoms. The van der Waals surface area contributed by atoms with Crippen LogP contribution in [0.5, 0.6) is 11.5 Å². The fraction of sp³-hybridized carbons (Fsp3) is 0.286. The lowest BCUT2D eigenvalue weighted by molar-refractivity contribution is 0.110. The molecule has 0 amide bonds. The van der Waals surface area contributed by atoms with Crippen molar-refractivity contribution in [1.82, 2.24) is 9.72 Å². The van der Waals surface area contributed by atoms with Crippen LogP contribution in [0.25, 0.3) is 11.1 Å². The van der Waals surface area contributed by atoms with E-state index < -0.39 is 11.4 Å². The highest BCUT2D eigenvalue weighted by atomic mass is 16.5. The van der Waals surface area contributed by atoms with Crippen LogP contribution in [-0.2, 0) is 17.9 Å². The molecule has 0 radical (unpaired) electrons. The summed E-state index contributed by atoms with van der Waals surface area (Å²) >= 11 is 0. The van der Waals surface area contributed by atoms with Crippen LogP contribution in [0, 0.1) is 13.8 Å². The molecule has 8 nitrogen and oxygen atoms in total. The van der Waals surface area contributed by atoms with E-state index in [4.69, 9.17) is 18.7 Å². The molecule has 0 aliphatic carbocycles. The molecule has 0 saturated carbocycles. The molecule has 4 rings (SSSR count). The zero-order chi connectivity index (χ0) is 25.5. The minimum Gasteiger partial charge on any atom is -0.491 e. The Bertz CT molecular complexity index is 1420. The predicted molar refractivity (Wildman–Crippen MR) is 137 cm³/mol. The van der Waals surface area contributed by atoms with Crippen LogP contribution >= 0.6 is 0 Å². The van der Waals surface area contributed by atoms with Crippen LogP contribution in [0.1, 0.15) is 29.2 Å². The van der Waals surface area contributed by atoms with Crippen molar-refractivity contribution in [2.24, 2.45) is 0 Å². The van der Waals surface area contributed by atoms with Crippen LogP contribution in [0.15, 0.2) is 74.8 Å². The second-order valence-corrected chi connectivity index (χ2v) is 8.39. The highest BCUT2D eigenvalue weighted by Gasteiger charge is 2.11. The van der Waals surface area contributed by atoms with Crippen molar-refractivity contribution in [3.63, 3.8) is 0 Å². The van der Waals surface area contributed by atoms with Gasteiger partial charge < -0.3 is 18.7 Å². The summed E-state index contributed by atoms with van der Waals surface area (Å²) in [5, 5.41) is 0. The maximum absolute atomic E-state index is 11.6. The molecule has 0 aliphatic rings. The molecular formula is C28H30N2O6. The normalized spacial score (nSPS) is 11.0. The fourth-order valence-corrected chi connectivity index (χ4v) is 3.96. The number of H-pyrrole nitrogens is 1. The number of nitrogens with zero attached hydrogens (tertiary/aromatic N) is 1. The van der Waals surface area contributed by atoms with E-state index in [1.54, 1.807) is 0 Å². The molecule has 0 bridgehead atoms. The highest BCUT2D eigenvalue weighted by molar-refractivity contribution is 5.72. The van der Waals surface area contributed by atoms with Gasteiger partial charge in [0.25, 0.3) is 0 Å². The fourth-order valence-electron chi connectivity index (χ4n) is 3.96. The number of aromatic amines is 1. The largest absolute Gasteiger partial charge is 0.491 e. The molecule has 8 heteroatoms. The lowest BCUT2D eigenvalue weighted by Crippen LogP contribution is -2.17. The SMILES string of the molecule is CCOCCOc1ccc(-c2cccc(COc3ccc(Cn4oc(=O)[nH]c4=O)cc3)c2C)c(C)c1.